The van der Waals surface area contributed by atoms with Gasteiger partial charge >= 0.3 is 0 Å². The summed E-state index contributed by atoms with van der Waals surface area (Å²) in [6.07, 6.45) is 5.70. The van der Waals surface area contributed by atoms with Crippen molar-refractivity contribution < 1.29 is 4.74 Å². The van der Waals surface area contributed by atoms with Crippen molar-refractivity contribution in [1.29, 1.82) is 0 Å². The molecule has 0 aromatic rings. The van der Waals surface area contributed by atoms with Crippen LogP contribution in [0.3, 0.4) is 0 Å². The van der Waals surface area contributed by atoms with E-state index in [4.69, 9.17) is 4.74 Å². The third kappa shape index (κ3) is 4.41. The van der Waals surface area contributed by atoms with E-state index in [2.05, 4.69) is 29.0 Å². The second-order valence-electron chi connectivity index (χ2n) is 7.64. The van der Waals surface area contributed by atoms with E-state index >= 15 is 0 Å². The molecule has 0 saturated carbocycles. The van der Waals surface area contributed by atoms with Crippen molar-refractivity contribution in [3.8, 4) is 0 Å². The molecule has 3 unspecified atom stereocenters. The largest absolute Gasteiger partial charge is 0.374 e. The Hall–Kier alpha value is -0.160. The first kappa shape index (κ1) is 15.7. The summed E-state index contributed by atoms with van der Waals surface area (Å²) >= 11 is 0. The van der Waals surface area contributed by atoms with Crippen molar-refractivity contribution in [2.24, 2.45) is 5.92 Å². The molecule has 1 N–H and O–H groups in total. The quantitative estimate of drug-likeness (QED) is 0.852. The van der Waals surface area contributed by atoms with Gasteiger partial charge in [0.05, 0.1) is 12.7 Å². The van der Waals surface area contributed by atoms with Crippen molar-refractivity contribution in [2.45, 2.75) is 57.7 Å². The molecule has 122 valence electrons. The predicted molar refractivity (Wildman–Crippen MR) is 86.6 cm³/mol. The topological polar surface area (TPSA) is 27.7 Å². The number of morpholine rings is 1. The lowest BCUT2D eigenvalue weighted by molar-refractivity contribution is -0.0612. The van der Waals surface area contributed by atoms with E-state index in [-0.39, 0.29) is 0 Å². The van der Waals surface area contributed by atoms with Gasteiger partial charge in [-0.25, -0.2) is 0 Å². The number of hydrogen-bond acceptors (Lipinski definition) is 4. The van der Waals surface area contributed by atoms with Crippen molar-refractivity contribution >= 4 is 0 Å². The first-order valence-corrected chi connectivity index (χ1v) is 9.02. The summed E-state index contributed by atoms with van der Waals surface area (Å²) in [5, 5.41) is 3.72. The molecule has 3 fully saturated rings. The van der Waals surface area contributed by atoms with Gasteiger partial charge in [0, 0.05) is 31.7 Å². The number of ether oxygens (including phenoxy) is 1. The fourth-order valence-corrected chi connectivity index (χ4v) is 4.25. The van der Waals surface area contributed by atoms with Crippen molar-refractivity contribution in [1.82, 2.24) is 15.1 Å². The van der Waals surface area contributed by atoms with Gasteiger partial charge in [0.15, 0.2) is 0 Å². The first-order valence-electron chi connectivity index (χ1n) is 9.02. The summed E-state index contributed by atoms with van der Waals surface area (Å²) in [5.74, 6) is 0.777. The Morgan fingerprint density at radius 1 is 1.19 bits per heavy atom. The number of nitrogens with one attached hydrogen (secondary N) is 1. The van der Waals surface area contributed by atoms with Crippen LogP contribution < -0.4 is 5.32 Å². The molecule has 0 aromatic carbocycles. The van der Waals surface area contributed by atoms with Crippen LogP contribution in [0.15, 0.2) is 0 Å². The lowest BCUT2D eigenvalue weighted by Gasteiger charge is -2.37. The summed E-state index contributed by atoms with van der Waals surface area (Å²) in [4.78, 5) is 5.31. The molecule has 3 aliphatic rings. The average Bonchev–Trinajstić information content (AvgIpc) is 2.79. The van der Waals surface area contributed by atoms with Gasteiger partial charge < -0.3 is 10.1 Å². The van der Waals surface area contributed by atoms with Crippen LogP contribution in [0.1, 0.15) is 39.5 Å². The first-order chi connectivity index (χ1) is 10.2. The zero-order valence-corrected chi connectivity index (χ0v) is 13.9. The summed E-state index contributed by atoms with van der Waals surface area (Å²) < 4.78 is 6.15. The van der Waals surface area contributed by atoms with Gasteiger partial charge in [-0.2, -0.15) is 0 Å². The third-order valence-corrected chi connectivity index (χ3v) is 5.24. The third-order valence-electron chi connectivity index (χ3n) is 5.24. The van der Waals surface area contributed by atoms with Gasteiger partial charge in [-0.15, -0.1) is 0 Å². The summed E-state index contributed by atoms with van der Waals surface area (Å²) in [6.45, 7) is 12.8. The van der Waals surface area contributed by atoms with E-state index in [1.54, 1.807) is 0 Å². The van der Waals surface area contributed by atoms with Gasteiger partial charge in [-0.05, 0) is 51.2 Å². The monoisotopic (exact) mass is 295 g/mol. The molecule has 0 bridgehead atoms. The maximum atomic E-state index is 6.15. The Bertz CT molecular complexity index is 323. The highest BCUT2D eigenvalue weighted by Gasteiger charge is 2.33. The minimum atomic E-state index is 0.428. The van der Waals surface area contributed by atoms with Gasteiger partial charge in [-0.3, -0.25) is 9.80 Å². The lowest BCUT2D eigenvalue weighted by Crippen LogP contribution is -2.51. The Morgan fingerprint density at radius 2 is 2.10 bits per heavy atom. The normalized spacial score (nSPS) is 35.9. The van der Waals surface area contributed by atoms with Gasteiger partial charge in [0.25, 0.3) is 0 Å². The fraction of sp³-hybridized carbons (Fsp3) is 1.00. The minimum Gasteiger partial charge on any atom is -0.374 e. The van der Waals surface area contributed by atoms with E-state index in [1.807, 2.05) is 0 Å². The van der Waals surface area contributed by atoms with Gasteiger partial charge in [0.1, 0.15) is 0 Å². The van der Waals surface area contributed by atoms with Crippen molar-refractivity contribution in [3.05, 3.63) is 0 Å². The maximum Gasteiger partial charge on any atom is 0.0829 e. The highest BCUT2D eigenvalue weighted by atomic mass is 16.5. The highest BCUT2D eigenvalue weighted by Crippen LogP contribution is 2.23. The summed E-state index contributed by atoms with van der Waals surface area (Å²) in [7, 11) is 0. The second-order valence-corrected chi connectivity index (χ2v) is 7.64. The maximum absolute atomic E-state index is 6.15. The molecule has 4 heteroatoms. The number of nitrogens with zero attached hydrogens (tertiary/aromatic N) is 2. The molecule has 3 atom stereocenters. The molecule has 0 aromatic heterocycles. The Balaban J connectivity index is 1.48. The summed E-state index contributed by atoms with van der Waals surface area (Å²) in [6, 6.07) is 1.39. The number of hydrogen-bond donors (Lipinski definition) is 1. The zero-order valence-electron chi connectivity index (χ0n) is 13.9. The lowest BCUT2D eigenvalue weighted by atomic mass is 10.0. The van der Waals surface area contributed by atoms with Crippen LogP contribution in [0.25, 0.3) is 0 Å². The number of fused-ring (bicyclic) bond motifs is 1. The summed E-state index contributed by atoms with van der Waals surface area (Å²) in [5.41, 5.74) is 0. The SMILES string of the molecule is CC(C)CC1CN(CC2CN3CCCC3CO2)CCCN1. The molecule has 4 nitrogen and oxygen atoms in total. The molecule has 3 rings (SSSR count). The van der Waals surface area contributed by atoms with Gasteiger partial charge in [0.2, 0.25) is 0 Å². The molecule has 3 heterocycles. The molecule has 0 aliphatic carbocycles. The van der Waals surface area contributed by atoms with E-state index in [9.17, 15) is 0 Å². The smallest absolute Gasteiger partial charge is 0.0829 e. The van der Waals surface area contributed by atoms with Crippen molar-refractivity contribution in [2.75, 3.05) is 45.9 Å². The molecule has 3 aliphatic heterocycles. The average molecular weight is 295 g/mol. The van der Waals surface area contributed by atoms with Crippen LogP contribution in [-0.4, -0.2) is 73.9 Å². The fourth-order valence-electron chi connectivity index (χ4n) is 4.25. The van der Waals surface area contributed by atoms with E-state index in [1.165, 1.54) is 51.9 Å². The standard InChI is InChI=1S/C17H33N3O/c1-14(2)9-15-10-19(7-4-6-18-15)11-17-12-20-8-3-5-16(20)13-21-17/h14-18H,3-13H2,1-2H3. The van der Waals surface area contributed by atoms with E-state index < -0.39 is 0 Å². The van der Waals surface area contributed by atoms with Crippen LogP contribution in [0.2, 0.25) is 0 Å². The molecular formula is C17H33N3O. The molecule has 0 radical (unpaired) electrons. The second kappa shape index (κ2) is 7.40. The van der Waals surface area contributed by atoms with Crippen LogP contribution in [0, 0.1) is 5.92 Å². The van der Waals surface area contributed by atoms with Crippen molar-refractivity contribution in [3.63, 3.8) is 0 Å². The van der Waals surface area contributed by atoms with Gasteiger partial charge in [-0.1, -0.05) is 13.8 Å². The highest BCUT2D eigenvalue weighted by molar-refractivity contribution is 4.87. The Kier molecular flexibility index (Phi) is 5.54. The number of rotatable bonds is 4. The van der Waals surface area contributed by atoms with Crippen LogP contribution in [0.4, 0.5) is 0 Å². The van der Waals surface area contributed by atoms with E-state index in [0.29, 0.717) is 12.1 Å². The zero-order chi connectivity index (χ0) is 14.7. The Labute approximate surface area is 130 Å². The molecule has 21 heavy (non-hydrogen) atoms. The van der Waals surface area contributed by atoms with Crippen LogP contribution in [-0.2, 0) is 4.74 Å². The molecular weight excluding hydrogens is 262 g/mol. The van der Waals surface area contributed by atoms with E-state index in [0.717, 1.165) is 31.7 Å². The molecule has 3 saturated heterocycles. The Morgan fingerprint density at radius 3 is 2.95 bits per heavy atom. The predicted octanol–water partition coefficient (Wildman–Crippen LogP) is 1.56. The molecule has 0 spiro atoms. The minimum absolute atomic E-state index is 0.428. The molecule has 0 amide bonds. The van der Waals surface area contributed by atoms with Crippen LogP contribution >= 0.6 is 0 Å². The van der Waals surface area contributed by atoms with Crippen LogP contribution in [0.5, 0.6) is 0 Å².